The van der Waals surface area contributed by atoms with E-state index >= 15 is 0 Å². The molecule has 0 bridgehead atoms. The maximum atomic E-state index is 13.8. The van der Waals surface area contributed by atoms with E-state index in [2.05, 4.69) is 82.8 Å². The lowest BCUT2D eigenvalue weighted by atomic mass is 9.82. The molecule has 4 N–H and O–H groups in total. The van der Waals surface area contributed by atoms with Gasteiger partial charge in [0.05, 0.1) is 33.9 Å². The summed E-state index contributed by atoms with van der Waals surface area (Å²) in [4.78, 5) is 74.5. The van der Waals surface area contributed by atoms with E-state index in [9.17, 15) is 19.3 Å². The van der Waals surface area contributed by atoms with Gasteiger partial charge in [-0.1, -0.05) is 25.1 Å². The number of carbonyl (C=O) groups is 3. The second kappa shape index (κ2) is 19.7. The maximum Gasteiger partial charge on any atom is 0.249 e. The van der Waals surface area contributed by atoms with E-state index in [1.807, 2.05) is 51.1 Å². The van der Waals surface area contributed by atoms with Crippen molar-refractivity contribution in [1.29, 1.82) is 0 Å². The van der Waals surface area contributed by atoms with Gasteiger partial charge in [-0.05, 0) is 141 Å². The van der Waals surface area contributed by atoms with E-state index in [1.54, 1.807) is 18.2 Å². The SMILES string of the molecule is CCc1cc(Nc2ncc(Br)c(Nc3ccc4nc(C)ccc4c3[P]3(O)CCCC3)n2)c(OC)cc1N1CCC(N2CCN(CCc3cccc4c3C(C)(C)C(=O)N4C3CCC(=O)NC3=O)CC2)CC1. The smallest absolute Gasteiger partial charge is 0.249 e. The van der Waals surface area contributed by atoms with E-state index in [0.29, 0.717) is 28.7 Å². The number of imide groups is 1. The van der Waals surface area contributed by atoms with E-state index in [0.717, 1.165) is 153 Å². The summed E-state index contributed by atoms with van der Waals surface area (Å²) < 4.78 is 6.74. The molecule has 0 spiro atoms. The van der Waals surface area contributed by atoms with Gasteiger partial charge >= 0.3 is 0 Å². The third-order valence-corrected chi connectivity index (χ3v) is 19.5. The number of nitrogens with one attached hydrogen (secondary N) is 3. The van der Waals surface area contributed by atoms with Crippen molar-refractivity contribution in [3.63, 3.8) is 0 Å². The van der Waals surface area contributed by atoms with Gasteiger partial charge in [0.2, 0.25) is 23.7 Å². The molecule has 3 amide bonds. The first-order chi connectivity index (χ1) is 33.7. The number of nitrogens with zero attached hydrogens (tertiary/aromatic N) is 7. The van der Waals surface area contributed by atoms with E-state index in [-0.39, 0.29) is 18.2 Å². The molecule has 1 radical (unpaired) electrons. The molecule has 5 aliphatic rings. The Morgan fingerprint density at radius 2 is 1.67 bits per heavy atom. The van der Waals surface area contributed by atoms with Crippen LogP contribution in [0.5, 0.6) is 5.75 Å². The summed E-state index contributed by atoms with van der Waals surface area (Å²) in [7, 11) is -0.681. The van der Waals surface area contributed by atoms with Gasteiger partial charge in [0.1, 0.15) is 17.6 Å². The average Bonchev–Trinajstić information content (AvgIpc) is 3.89. The molecule has 5 aliphatic heterocycles. The number of ether oxygens (including phenoxy) is 1. The molecule has 15 nitrogen and oxygen atoms in total. The van der Waals surface area contributed by atoms with Crippen molar-refractivity contribution in [2.45, 2.75) is 96.6 Å². The lowest BCUT2D eigenvalue weighted by Gasteiger charge is -2.43. The second-order valence-corrected chi connectivity index (χ2v) is 24.2. The number of hydrogen-bond acceptors (Lipinski definition) is 13. The van der Waals surface area contributed by atoms with Crippen LogP contribution in [-0.2, 0) is 32.6 Å². The number of carbonyl (C=O) groups excluding carboxylic acids is 3. The number of pyridine rings is 1. The Bertz CT molecular complexity index is 2840. The summed E-state index contributed by atoms with van der Waals surface area (Å²) >= 11 is 3.69. The predicted molar refractivity (Wildman–Crippen MR) is 283 cm³/mol. The van der Waals surface area contributed by atoms with Crippen LogP contribution in [-0.4, -0.2) is 125 Å². The highest BCUT2D eigenvalue weighted by molar-refractivity contribution is 9.10. The van der Waals surface area contributed by atoms with Crippen LogP contribution in [0.3, 0.4) is 0 Å². The molecule has 4 fully saturated rings. The third-order valence-electron chi connectivity index (χ3n) is 15.4. The molecule has 7 heterocycles. The number of piperidine rings is 2. The van der Waals surface area contributed by atoms with Crippen molar-refractivity contribution < 1.29 is 24.0 Å². The number of hydrogen-bond donors (Lipinski definition) is 4. The molecular weight excluding hydrogens is 968 g/mol. The summed E-state index contributed by atoms with van der Waals surface area (Å²) in [6, 6.07) is 18.4. The van der Waals surface area contributed by atoms with Crippen molar-refractivity contribution >= 4 is 91.9 Å². The largest absolute Gasteiger partial charge is 0.494 e. The van der Waals surface area contributed by atoms with E-state index in [1.165, 1.54) is 11.3 Å². The number of aryl methyl sites for hydroxylation is 2. The van der Waals surface area contributed by atoms with Crippen molar-refractivity contribution in [2.75, 3.05) is 85.7 Å². The number of methoxy groups -OCH3 is 1. The molecule has 3 aromatic carbocycles. The number of aromatic nitrogens is 3. The average molecular weight is 1030 g/mol. The molecule has 4 saturated heterocycles. The number of anilines is 6. The summed E-state index contributed by atoms with van der Waals surface area (Å²) in [6.45, 7) is 15.0. The van der Waals surface area contributed by atoms with Crippen LogP contribution in [0.1, 0.15) is 81.7 Å². The molecule has 5 aromatic rings. The molecule has 1 atom stereocenters. The number of amides is 3. The fourth-order valence-electron chi connectivity index (χ4n) is 11.7. The Kier molecular flexibility index (Phi) is 13.6. The first kappa shape index (κ1) is 48.4. The van der Waals surface area contributed by atoms with Crippen molar-refractivity contribution in [1.82, 2.24) is 30.1 Å². The van der Waals surface area contributed by atoms with Crippen LogP contribution >= 0.6 is 23.4 Å². The monoisotopic (exact) mass is 1030 g/mol. The Balaban J connectivity index is 0.765. The Morgan fingerprint density at radius 3 is 2.40 bits per heavy atom. The van der Waals surface area contributed by atoms with Crippen molar-refractivity contribution in [3.05, 3.63) is 87.7 Å². The molecule has 0 saturated carbocycles. The lowest BCUT2D eigenvalue weighted by Crippen LogP contribution is -2.55. The summed E-state index contributed by atoms with van der Waals surface area (Å²) in [6.07, 6.45) is 9.82. The number of fused-ring (bicyclic) bond motifs is 2. The molecule has 1 unspecified atom stereocenters. The van der Waals surface area contributed by atoms with Gasteiger partial charge in [0, 0.05) is 106 Å². The molecule has 2 aromatic heterocycles. The van der Waals surface area contributed by atoms with Crippen LogP contribution < -0.4 is 35.8 Å². The summed E-state index contributed by atoms with van der Waals surface area (Å²) in [5, 5.41) is 11.4. The van der Waals surface area contributed by atoms with Crippen molar-refractivity contribution in [3.8, 4) is 5.75 Å². The predicted octanol–water partition coefficient (Wildman–Crippen LogP) is 7.76. The fourth-order valence-corrected chi connectivity index (χ4v) is 15.4. The minimum Gasteiger partial charge on any atom is -0.494 e. The van der Waals surface area contributed by atoms with Crippen LogP contribution in [0.25, 0.3) is 10.9 Å². The zero-order valence-electron chi connectivity index (χ0n) is 41.0. The zero-order valence-corrected chi connectivity index (χ0v) is 43.5. The molecule has 10 rings (SSSR count). The van der Waals surface area contributed by atoms with Crippen LogP contribution in [0.15, 0.2) is 65.3 Å². The highest BCUT2D eigenvalue weighted by atomic mass is 79.9. The quantitative estimate of drug-likeness (QED) is 0.0668. The topological polar surface area (TPSA) is 168 Å². The highest BCUT2D eigenvalue weighted by Crippen LogP contribution is 2.61. The standard InChI is InChI=1S/C53H65BrN10O5P/c1-6-34-30-41(58-52-55-32-38(54)49(60-52)57-40-15-14-39-37(13-12-33(2)56-39)48(40)70(68)28-7-8-29-70)45(69-5)31-44(34)63-22-19-36(20-23-63)62-26-24-61(25-27-62)21-18-35-10-9-11-42-47(35)53(3,4)51(67)64(42)43-16-17-46(65)59-50(43)66/h9-15,30-32,36,43,68H,6-8,16-29H2,1-5H3,(H,59,65,66)(H2,55,57,58,60). The first-order valence-corrected chi connectivity index (χ1v) is 27.9. The van der Waals surface area contributed by atoms with Gasteiger partial charge in [0.15, 0.2) is 0 Å². The van der Waals surface area contributed by atoms with Gasteiger partial charge in [-0.25, -0.2) is 4.98 Å². The number of rotatable bonds is 13. The van der Waals surface area contributed by atoms with Crippen LogP contribution in [0.2, 0.25) is 0 Å². The molecule has 17 heteroatoms. The Morgan fingerprint density at radius 1 is 0.900 bits per heavy atom. The number of piperazine rings is 1. The molecule has 369 valence electrons. The maximum absolute atomic E-state index is 13.8. The zero-order chi connectivity index (χ0) is 48.9. The molecule has 70 heavy (non-hydrogen) atoms. The number of benzene rings is 3. The van der Waals surface area contributed by atoms with Gasteiger partial charge in [-0.2, -0.15) is 4.98 Å². The van der Waals surface area contributed by atoms with Crippen molar-refractivity contribution in [2.24, 2.45) is 0 Å². The normalized spacial score (nSPS) is 20.8. The molecular formula is C53H65BrN10O5P. The molecule has 0 aliphatic carbocycles. The van der Waals surface area contributed by atoms with Crippen LogP contribution in [0, 0.1) is 6.92 Å². The lowest BCUT2D eigenvalue weighted by molar-refractivity contribution is -0.136. The third kappa shape index (κ3) is 9.26. The fraction of sp³-hybridized carbons (Fsp3) is 0.472. The summed E-state index contributed by atoms with van der Waals surface area (Å²) in [5.41, 5.74) is 8.11. The van der Waals surface area contributed by atoms with Gasteiger partial charge < -0.3 is 30.1 Å². The van der Waals surface area contributed by atoms with Gasteiger partial charge in [-0.3, -0.25) is 34.5 Å². The van der Waals surface area contributed by atoms with E-state index in [4.69, 9.17) is 14.7 Å². The highest BCUT2D eigenvalue weighted by Gasteiger charge is 2.50. The number of halogens is 1. The minimum atomic E-state index is -2.39. The van der Waals surface area contributed by atoms with Crippen LogP contribution in [0.4, 0.5) is 34.5 Å². The first-order valence-electron chi connectivity index (χ1n) is 25.0. The minimum absolute atomic E-state index is 0.0827. The Hall–Kier alpha value is -5.25. The Labute approximate surface area is 419 Å². The van der Waals surface area contributed by atoms with Gasteiger partial charge in [-0.15, -0.1) is 0 Å². The van der Waals surface area contributed by atoms with E-state index < -0.39 is 24.9 Å². The van der Waals surface area contributed by atoms with Gasteiger partial charge in [0.25, 0.3) is 0 Å². The second-order valence-electron chi connectivity index (χ2n) is 20.2. The summed E-state index contributed by atoms with van der Waals surface area (Å²) in [5.74, 6) is 0.989.